The first kappa shape index (κ1) is 10.7. The number of hydrogen-bond acceptors (Lipinski definition) is 5. The molecule has 0 radical (unpaired) electrons. The summed E-state index contributed by atoms with van der Waals surface area (Å²) in [6.07, 6.45) is 3.58. The van der Waals surface area contributed by atoms with Gasteiger partial charge in [-0.2, -0.15) is 0 Å². The summed E-state index contributed by atoms with van der Waals surface area (Å²) in [5.74, 6) is 0.838. The molecular formula is C12H13N3OS. The maximum Gasteiger partial charge on any atom is 0.299 e. The smallest absolute Gasteiger partial charge is 0.299 e. The maximum atomic E-state index is 5.68. The van der Waals surface area contributed by atoms with Gasteiger partial charge in [-0.1, -0.05) is 22.5 Å². The number of nitrogens with zero attached hydrogens (tertiary/aromatic N) is 2. The van der Waals surface area contributed by atoms with Gasteiger partial charge in [-0.05, 0) is 42.5 Å². The number of rotatable bonds is 3. The monoisotopic (exact) mass is 247 g/mol. The van der Waals surface area contributed by atoms with Gasteiger partial charge in [-0.25, -0.2) is 0 Å². The molecule has 0 bridgehead atoms. The molecule has 5 heteroatoms. The maximum absolute atomic E-state index is 5.68. The second kappa shape index (κ2) is 4.43. The first-order valence-electron chi connectivity index (χ1n) is 5.67. The van der Waals surface area contributed by atoms with Crippen LogP contribution in [-0.2, 0) is 19.4 Å². The Morgan fingerprint density at radius 1 is 1.24 bits per heavy atom. The van der Waals surface area contributed by atoms with Crippen LogP contribution in [-0.4, -0.2) is 10.2 Å². The van der Waals surface area contributed by atoms with Crippen LogP contribution in [0.25, 0.3) is 0 Å². The zero-order chi connectivity index (χ0) is 11.7. The lowest BCUT2D eigenvalue weighted by Crippen LogP contribution is -1.94. The first-order chi connectivity index (χ1) is 8.35. The summed E-state index contributed by atoms with van der Waals surface area (Å²) in [6, 6.07) is 6.24. The summed E-state index contributed by atoms with van der Waals surface area (Å²) in [6.45, 7) is 0.408. The van der Waals surface area contributed by atoms with E-state index >= 15 is 0 Å². The Morgan fingerprint density at radius 2 is 2.12 bits per heavy atom. The molecule has 0 amide bonds. The van der Waals surface area contributed by atoms with Gasteiger partial charge in [0, 0.05) is 6.54 Å². The predicted molar refractivity (Wildman–Crippen MR) is 66.3 cm³/mol. The molecule has 17 heavy (non-hydrogen) atoms. The Kier molecular flexibility index (Phi) is 2.78. The van der Waals surface area contributed by atoms with Gasteiger partial charge in [0.05, 0.1) is 0 Å². The minimum Gasteiger partial charge on any atom is -0.430 e. The third kappa shape index (κ3) is 2.16. The number of aromatic nitrogens is 2. The van der Waals surface area contributed by atoms with Gasteiger partial charge < -0.3 is 10.5 Å². The average Bonchev–Trinajstić information content (AvgIpc) is 2.96. The number of aryl methyl sites for hydroxylation is 2. The topological polar surface area (TPSA) is 61.0 Å². The van der Waals surface area contributed by atoms with Gasteiger partial charge in [0.2, 0.25) is 0 Å². The largest absolute Gasteiger partial charge is 0.430 e. The third-order valence-corrected chi connectivity index (χ3v) is 3.72. The van der Waals surface area contributed by atoms with E-state index in [2.05, 4.69) is 22.3 Å². The lowest BCUT2D eigenvalue weighted by Gasteiger charge is -2.03. The Bertz CT molecular complexity index is 538. The van der Waals surface area contributed by atoms with Crippen molar-refractivity contribution in [1.29, 1.82) is 0 Å². The second-order valence-electron chi connectivity index (χ2n) is 4.05. The minimum atomic E-state index is 0.408. The van der Waals surface area contributed by atoms with Crippen LogP contribution in [0.3, 0.4) is 0 Å². The van der Waals surface area contributed by atoms with Gasteiger partial charge in [0.1, 0.15) is 10.8 Å². The molecule has 4 nitrogen and oxygen atoms in total. The zero-order valence-corrected chi connectivity index (χ0v) is 10.2. The van der Waals surface area contributed by atoms with Gasteiger partial charge >= 0.3 is 0 Å². The normalized spacial score (nSPS) is 13.7. The summed E-state index contributed by atoms with van der Waals surface area (Å²) in [4.78, 5) is 0. The van der Waals surface area contributed by atoms with Crippen LogP contribution in [0, 0.1) is 0 Å². The number of benzene rings is 1. The molecule has 1 aliphatic rings. The highest BCUT2D eigenvalue weighted by Gasteiger charge is 2.12. The molecular weight excluding hydrogens is 234 g/mol. The SMILES string of the molecule is NCc1nnc(Oc2ccc3c(c2)CCC3)s1. The van der Waals surface area contributed by atoms with E-state index in [9.17, 15) is 0 Å². The highest BCUT2D eigenvalue weighted by atomic mass is 32.1. The summed E-state index contributed by atoms with van der Waals surface area (Å²) in [5, 5.41) is 9.22. The highest BCUT2D eigenvalue weighted by molar-refractivity contribution is 7.13. The number of ether oxygens (including phenoxy) is 1. The van der Waals surface area contributed by atoms with Crippen molar-refractivity contribution in [2.75, 3.05) is 0 Å². The summed E-state index contributed by atoms with van der Waals surface area (Å²) < 4.78 is 5.68. The molecule has 3 rings (SSSR count). The molecule has 2 N–H and O–H groups in total. The fourth-order valence-corrected chi connectivity index (χ4v) is 2.66. The molecule has 0 spiro atoms. The molecule has 0 saturated heterocycles. The lowest BCUT2D eigenvalue weighted by atomic mass is 10.1. The van der Waals surface area contributed by atoms with Crippen molar-refractivity contribution in [3.63, 3.8) is 0 Å². The Hall–Kier alpha value is -1.46. The van der Waals surface area contributed by atoms with Crippen molar-refractivity contribution in [3.8, 4) is 10.9 Å². The fraction of sp³-hybridized carbons (Fsp3) is 0.333. The zero-order valence-electron chi connectivity index (χ0n) is 9.35. The van der Waals surface area contributed by atoms with Crippen LogP contribution in [0.4, 0.5) is 0 Å². The number of hydrogen-bond donors (Lipinski definition) is 1. The van der Waals surface area contributed by atoms with Gasteiger partial charge in [-0.3, -0.25) is 0 Å². The van der Waals surface area contributed by atoms with E-state index in [1.807, 2.05) is 6.07 Å². The highest BCUT2D eigenvalue weighted by Crippen LogP contribution is 2.30. The molecule has 0 saturated carbocycles. The van der Waals surface area contributed by atoms with Gasteiger partial charge in [0.25, 0.3) is 5.19 Å². The number of nitrogens with two attached hydrogens (primary N) is 1. The van der Waals surface area contributed by atoms with Gasteiger partial charge in [0.15, 0.2) is 0 Å². The molecule has 1 aliphatic carbocycles. The molecule has 1 aromatic heterocycles. The summed E-state index contributed by atoms with van der Waals surface area (Å²) in [7, 11) is 0. The molecule has 1 heterocycles. The van der Waals surface area contributed by atoms with Crippen LogP contribution in [0.2, 0.25) is 0 Å². The van der Waals surface area contributed by atoms with Crippen LogP contribution in [0.15, 0.2) is 18.2 Å². The van der Waals surface area contributed by atoms with Crippen LogP contribution in [0.5, 0.6) is 10.9 Å². The molecule has 0 fully saturated rings. The molecule has 0 unspecified atom stereocenters. The van der Waals surface area contributed by atoms with Crippen molar-refractivity contribution in [1.82, 2.24) is 10.2 Å². The lowest BCUT2D eigenvalue weighted by molar-refractivity contribution is 0.472. The van der Waals surface area contributed by atoms with Crippen LogP contribution in [0.1, 0.15) is 22.6 Å². The first-order valence-corrected chi connectivity index (χ1v) is 6.49. The average molecular weight is 247 g/mol. The van der Waals surface area contributed by atoms with E-state index in [4.69, 9.17) is 10.5 Å². The number of fused-ring (bicyclic) bond motifs is 1. The van der Waals surface area contributed by atoms with E-state index in [0.717, 1.165) is 17.2 Å². The van der Waals surface area contributed by atoms with E-state index in [1.54, 1.807) is 0 Å². The minimum absolute atomic E-state index is 0.408. The summed E-state index contributed by atoms with van der Waals surface area (Å²) in [5.41, 5.74) is 8.32. The van der Waals surface area contributed by atoms with Gasteiger partial charge in [-0.15, -0.1) is 5.10 Å². The summed E-state index contributed by atoms with van der Waals surface area (Å²) >= 11 is 1.39. The Balaban J connectivity index is 1.80. The Morgan fingerprint density at radius 3 is 2.94 bits per heavy atom. The standard InChI is InChI=1S/C12H13N3OS/c13-7-11-14-15-12(17-11)16-10-5-4-8-2-1-3-9(8)6-10/h4-6H,1-3,7,13H2. The molecule has 0 aliphatic heterocycles. The van der Waals surface area contributed by atoms with E-state index in [-0.39, 0.29) is 0 Å². The molecule has 1 aromatic carbocycles. The fourth-order valence-electron chi connectivity index (χ4n) is 2.07. The molecule has 2 aromatic rings. The quantitative estimate of drug-likeness (QED) is 0.904. The van der Waals surface area contributed by atoms with E-state index in [1.165, 1.54) is 35.3 Å². The third-order valence-electron chi connectivity index (χ3n) is 2.90. The van der Waals surface area contributed by atoms with E-state index < -0.39 is 0 Å². The van der Waals surface area contributed by atoms with E-state index in [0.29, 0.717) is 11.7 Å². The van der Waals surface area contributed by atoms with Crippen LogP contribution >= 0.6 is 11.3 Å². The van der Waals surface area contributed by atoms with Crippen molar-refractivity contribution < 1.29 is 4.74 Å². The van der Waals surface area contributed by atoms with Crippen molar-refractivity contribution >= 4 is 11.3 Å². The predicted octanol–water partition coefficient (Wildman–Crippen LogP) is 2.28. The second-order valence-corrected chi connectivity index (χ2v) is 5.08. The van der Waals surface area contributed by atoms with Crippen molar-refractivity contribution in [3.05, 3.63) is 34.3 Å². The van der Waals surface area contributed by atoms with Crippen molar-refractivity contribution in [2.24, 2.45) is 5.73 Å². The van der Waals surface area contributed by atoms with Crippen LogP contribution < -0.4 is 10.5 Å². The molecule has 0 atom stereocenters. The molecule has 88 valence electrons. The Labute approximate surface area is 103 Å². The van der Waals surface area contributed by atoms with Crippen molar-refractivity contribution in [2.45, 2.75) is 25.8 Å².